The van der Waals surface area contributed by atoms with Crippen molar-refractivity contribution in [2.45, 2.75) is 12.5 Å². The quantitative estimate of drug-likeness (QED) is 0.784. The fourth-order valence-electron chi connectivity index (χ4n) is 1.16. The van der Waals surface area contributed by atoms with E-state index in [2.05, 4.69) is 0 Å². The van der Waals surface area contributed by atoms with Crippen LogP contribution >= 0.6 is 11.6 Å². The predicted octanol–water partition coefficient (Wildman–Crippen LogP) is 1.98. The molecule has 0 bridgehead atoms. The number of aliphatic hydroxyl groups excluding tert-OH is 1. The lowest BCUT2D eigenvalue weighted by Gasteiger charge is -2.08. The summed E-state index contributed by atoms with van der Waals surface area (Å²) in [5, 5.41) is 9.24. The van der Waals surface area contributed by atoms with E-state index < -0.39 is 11.9 Å². The van der Waals surface area contributed by atoms with Crippen LogP contribution in [0.5, 0.6) is 5.75 Å². The number of alkyl halides is 1. The molecule has 1 rings (SSSR count). The normalized spacial score (nSPS) is 12.6. The third-order valence-electron chi connectivity index (χ3n) is 1.87. The van der Waals surface area contributed by atoms with Gasteiger partial charge in [0.05, 0.1) is 13.2 Å². The summed E-state index contributed by atoms with van der Waals surface area (Å²) in [6, 6.07) is 4.58. The SMILES string of the molecule is COc1ccc(CC(O)CCl)cc1F. The summed E-state index contributed by atoms with van der Waals surface area (Å²) in [7, 11) is 1.41. The lowest BCUT2D eigenvalue weighted by molar-refractivity contribution is 0.198. The topological polar surface area (TPSA) is 29.5 Å². The Labute approximate surface area is 87.3 Å². The summed E-state index contributed by atoms with van der Waals surface area (Å²) in [4.78, 5) is 0. The second-order valence-electron chi connectivity index (χ2n) is 2.98. The van der Waals surface area contributed by atoms with Crippen molar-refractivity contribution in [3.05, 3.63) is 29.6 Å². The van der Waals surface area contributed by atoms with Crippen LogP contribution in [-0.4, -0.2) is 24.2 Å². The van der Waals surface area contributed by atoms with Crippen LogP contribution in [0.15, 0.2) is 18.2 Å². The van der Waals surface area contributed by atoms with Crippen LogP contribution in [-0.2, 0) is 6.42 Å². The molecule has 2 nitrogen and oxygen atoms in total. The third kappa shape index (κ3) is 2.86. The Morgan fingerprint density at radius 2 is 2.29 bits per heavy atom. The monoisotopic (exact) mass is 218 g/mol. The zero-order chi connectivity index (χ0) is 10.6. The molecule has 0 aliphatic carbocycles. The first kappa shape index (κ1) is 11.3. The number of ether oxygens (including phenoxy) is 1. The van der Waals surface area contributed by atoms with Gasteiger partial charge in [0.1, 0.15) is 0 Å². The number of halogens is 2. The second-order valence-corrected chi connectivity index (χ2v) is 3.29. The van der Waals surface area contributed by atoms with Crippen molar-refractivity contribution in [3.8, 4) is 5.75 Å². The van der Waals surface area contributed by atoms with Gasteiger partial charge in [-0.05, 0) is 24.1 Å². The van der Waals surface area contributed by atoms with Crippen molar-refractivity contribution < 1.29 is 14.2 Å². The molecule has 0 saturated carbocycles. The first-order valence-electron chi connectivity index (χ1n) is 4.23. The highest BCUT2D eigenvalue weighted by Crippen LogP contribution is 2.18. The van der Waals surface area contributed by atoms with E-state index in [1.54, 1.807) is 6.07 Å². The molecule has 0 spiro atoms. The highest BCUT2D eigenvalue weighted by molar-refractivity contribution is 6.18. The molecule has 0 radical (unpaired) electrons. The molecule has 1 unspecified atom stereocenters. The van der Waals surface area contributed by atoms with Crippen LogP contribution in [0.25, 0.3) is 0 Å². The first-order chi connectivity index (χ1) is 6.67. The van der Waals surface area contributed by atoms with Crippen LogP contribution in [0.3, 0.4) is 0 Å². The molecule has 0 heterocycles. The van der Waals surface area contributed by atoms with Crippen LogP contribution in [0, 0.1) is 5.82 Å². The van der Waals surface area contributed by atoms with Gasteiger partial charge in [0.2, 0.25) is 0 Å². The predicted molar refractivity (Wildman–Crippen MR) is 53.4 cm³/mol. The molecule has 0 fully saturated rings. The van der Waals surface area contributed by atoms with Gasteiger partial charge in [-0.2, -0.15) is 0 Å². The molecule has 1 aromatic carbocycles. The van der Waals surface area contributed by atoms with Gasteiger partial charge < -0.3 is 9.84 Å². The zero-order valence-corrected chi connectivity index (χ0v) is 8.59. The Morgan fingerprint density at radius 3 is 2.79 bits per heavy atom. The fourth-order valence-corrected chi connectivity index (χ4v) is 1.27. The molecular weight excluding hydrogens is 207 g/mol. The number of hydrogen-bond donors (Lipinski definition) is 1. The summed E-state index contributed by atoms with van der Waals surface area (Å²) >= 11 is 5.43. The smallest absolute Gasteiger partial charge is 0.165 e. The van der Waals surface area contributed by atoms with Gasteiger partial charge in [-0.15, -0.1) is 11.6 Å². The fraction of sp³-hybridized carbons (Fsp3) is 0.400. The van der Waals surface area contributed by atoms with Gasteiger partial charge in [-0.3, -0.25) is 0 Å². The van der Waals surface area contributed by atoms with E-state index >= 15 is 0 Å². The molecular formula is C10H12ClFO2. The van der Waals surface area contributed by atoms with Crippen molar-refractivity contribution in [2.75, 3.05) is 13.0 Å². The van der Waals surface area contributed by atoms with Gasteiger partial charge in [-0.25, -0.2) is 4.39 Å². The molecule has 78 valence electrons. The molecule has 0 saturated heterocycles. The largest absolute Gasteiger partial charge is 0.494 e. The molecule has 1 atom stereocenters. The minimum Gasteiger partial charge on any atom is -0.494 e. The summed E-state index contributed by atoms with van der Waals surface area (Å²) in [5.74, 6) is -0.0749. The average molecular weight is 219 g/mol. The molecule has 1 N–H and O–H groups in total. The maximum absolute atomic E-state index is 13.2. The summed E-state index contributed by atoms with van der Waals surface area (Å²) in [6.45, 7) is 0. The standard InChI is InChI=1S/C10H12ClFO2/c1-14-10-3-2-7(5-9(10)12)4-8(13)6-11/h2-3,5,8,13H,4,6H2,1H3. The lowest BCUT2D eigenvalue weighted by atomic mass is 10.1. The molecule has 14 heavy (non-hydrogen) atoms. The number of aliphatic hydroxyl groups is 1. The van der Waals surface area contributed by atoms with E-state index in [0.717, 1.165) is 0 Å². The Morgan fingerprint density at radius 1 is 1.57 bits per heavy atom. The molecule has 0 aliphatic rings. The van der Waals surface area contributed by atoms with Crippen molar-refractivity contribution in [3.63, 3.8) is 0 Å². The Balaban J connectivity index is 2.76. The highest BCUT2D eigenvalue weighted by Gasteiger charge is 2.07. The van der Waals surface area contributed by atoms with E-state index in [9.17, 15) is 9.50 Å². The summed E-state index contributed by atoms with van der Waals surface area (Å²) in [6.07, 6.45) is -0.283. The van der Waals surface area contributed by atoms with E-state index in [1.807, 2.05) is 0 Å². The van der Waals surface area contributed by atoms with E-state index in [1.165, 1.54) is 19.2 Å². The van der Waals surface area contributed by atoms with Crippen LogP contribution < -0.4 is 4.74 Å². The van der Waals surface area contributed by atoms with Gasteiger partial charge in [0.25, 0.3) is 0 Å². The second kappa shape index (κ2) is 5.17. The zero-order valence-electron chi connectivity index (χ0n) is 7.84. The van der Waals surface area contributed by atoms with Crippen molar-refractivity contribution >= 4 is 11.6 Å². The number of rotatable bonds is 4. The van der Waals surface area contributed by atoms with Crippen molar-refractivity contribution in [2.24, 2.45) is 0 Å². The molecule has 4 heteroatoms. The first-order valence-corrected chi connectivity index (χ1v) is 4.77. The Bertz CT molecular complexity index is 304. The minimum atomic E-state index is -0.635. The Kier molecular flexibility index (Phi) is 4.17. The van der Waals surface area contributed by atoms with Crippen LogP contribution in [0.4, 0.5) is 4.39 Å². The van der Waals surface area contributed by atoms with Crippen molar-refractivity contribution in [1.82, 2.24) is 0 Å². The Hall–Kier alpha value is -0.800. The number of hydrogen-bond acceptors (Lipinski definition) is 2. The third-order valence-corrected chi connectivity index (χ3v) is 2.22. The lowest BCUT2D eigenvalue weighted by Crippen LogP contribution is -2.11. The maximum Gasteiger partial charge on any atom is 0.165 e. The molecule has 0 aliphatic heterocycles. The highest BCUT2D eigenvalue weighted by atomic mass is 35.5. The van der Waals surface area contributed by atoms with E-state index in [4.69, 9.17) is 16.3 Å². The van der Waals surface area contributed by atoms with E-state index in [0.29, 0.717) is 12.0 Å². The molecule has 0 amide bonds. The van der Waals surface area contributed by atoms with Crippen LogP contribution in [0.1, 0.15) is 5.56 Å². The van der Waals surface area contributed by atoms with Gasteiger partial charge in [0, 0.05) is 5.88 Å². The number of methoxy groups -OCH3 is 1. The number of benzene rings is 1. The van der Waals surface area contributed by atoms with E-state index in [-0.39, 0.29) is 11.6 Å². The molecule has 0 aromatic heterocycles. The molecule has 1 aromatic rings. The average Bonchev–Trinajstić information content (AvgIpc) is 2.18. The van der Waals surface area contributed by atoms with Gasteiger partial charge >= 0.3 is 0 Å². The maximum atomic E-state index is 13.2. The van der Waals surface area contributed by atoms with Crippen molar-refractivity contribution in [1.29, 1.82) is 0 Å². The van der Waals surface area contributed by atoms with Gasteiger partial charge in [-0.1, -0.05) is 6.07 Å². The summed E-state index contributed by atoms with van der Waals surface area (Å²) < 4.78 is 17.9. The van der Waals surface area contributed by atoms with Crippen LogP contribution in [0.2, 0.25) is 0 Å². The minimum absolute atomic E-state index is 0.146. The summed E-state index contributed by atoms with van der Waals surface area (Å²) in [5.41, 5.74) is 0.705. The van der Waals surface area contributed by atoms with Gasteiger partial charge in [0.15, 0.2) is 11.6 Å².